The van der Waals surface area contributed by atoms with Crippen molar-refractivity contribution in [2.24, 2.45) is 0 Å². The van der Waals surface area contributed by atoms with E-state index < -0.39 is 0 Å². The highest BCUT2D eigenvalue weighted by molar-refractivity contribution is 6.27. The monoisotopic (exact) mass is 300 g/mol. The van der Waals surface area contributed by atoms with Gasteiger partial charge >= 0.3 is 0 Å². The normalized spacial score (nSPS) is 11.9. The molecule has 3 heteroatoms. The van der Waals surface area contributed by atoms with Crippen molar-refractivity contribution >= 4 is 49.7 Å². The van der Waals surface area contributed by atoms with Gasteiger partial charge in [0.05, 0.1) is 5.56 Å². The molecular formula is C20H12O3. The van der Waals surface area contributed by atoms with Gasteiger partial charge in [-0.25, -0.2) is 0 Å². The van der Waals surface area contributed by atoms with Crippen LogP contribution in [0, 0.1) is 0 Å². The van der Waals surface area contributed by atoms with Crippen molar-refractivity contribution in [2.45, 2.75) is 6.92 Å². The van der Waals surface area contributed by atoms with Gasteiger partial charge < -0.3 is 8.83 Å². The Balaban J connectivity index is 2.10. The molecule has 0 saturated carbocycles. The van der Waals surface area contributed by atoms with Crippen molar-refractivity contribution in [3.63, 3.8) is 0 Å². The van der Waals surface area contributed by atoms with Crippen LogP contribution >= 0.6 is 0 Å². The number of Topliss-reactive ketones (excluding diaryl/α,β-unsaturated/α-hetero) is 1. The van der Waals surface area contributed by atoms with Crippen LogP contribution < -0.4 is 0 Å². The smallest absolute Gasteiger partial charge is 0.163 e. The van der Waals surface area contributed by atoms with Gasteiger partial charge in [0.2, 0.25) is 0 Å². The number of hydrogen-bond acceptors (Lipinski definition) is 3. The number of para-hydroxylation sites is 2. The van der Waals surface area contributed by atoms with Gasteiger partial charge in [0.1, 0.15) is 22.3 Å². The fourth-order valence-electron chi connectivity index (χ4n) is 3.38. The first-order valence-corrected chi connectivity index (χ1v) is 7.50. The molecule has 2 aromatic heterocycles. The highest BCUT2D eigenvalue weighted by Gasteiger charge is 2.18. The maximum absolute atomic E-state index is 11.9. The molecular weight excluding hydrogens is 288 g/mol. The van der Waals surface area contributed by atoms with E-state index in [9.17, 15) is 4.79 Å². The summed E-state index contributed by atoms with van der Waals surface area (Å²) in [6, 6.07) is 17.5. The summed E-state index contributed by atoms with van der Waals surface area (Å²) in [4.78, 5) is 11.9. The van der Waals surface area contributed by atoms with Gasteiger partial charge in [0.25, 0.3) is 0 Å². The summed E-state index contributed by atoms with van der Waals surface area (Å²) in [5, 5.41) is 4.05. The maximum Gasteiger partial charge on any atom is 0.163 e. The molecule has 0 aliphatic carbocycles. The minimum atomic E-state index is 0.00273. The molecule has 0 bridgehead atoms. The van der Waals surface area contributed by atoms with Gasteiger partial charge in [-0.15, -0.1) is 0 Å². The van der Waals surface area contributed by atoms with Gasteiger partial charge in [-0.2, -0.15) is 0 Å². The highest BCUT2D eigenvalue weighted by Crippen LogP contribution is 2.40. The SMILES string of the molecule is CC(=O)c1cccc2c1oc1ccc3oc4ccccc4c3c12. The first-order valence-electron chi connectivity index (χ1n) is 7.50. The number of benzene rings is 3. The van der Waals surface area contributed by atoms with Crippen molar-refractivity contribution in [1.29, 1.82) is 0 Å². The van der Waals surface area contributed by atoms with Gasteiger partial charge in [0, 0.05) is 21.5 Å². The molecule has 0 atom stereocenters. The third-order valence-electron chi connectivity index (χ3n) is 4.38. The van der Waals surface area contributed by atoms with Gasteiger partial charge in [-0.3, -0.25) is 4.79 Å². The lowest BCUT2D eigenvalue weighted by Gasteiger charge is -1.96. The summed E-state index contributed by atoms with van der Waals surface area (Å²) in [5.41, 5.74) is 3.71. The number of hydrogen-bond donors (Lipinski definition) is 0. The average Bonchev–Trinajstić information content (AvgIpc) is 3.11. The molecule has 5 aromatic rings. The lowest BCUT2D eigenvalue weighted by Crippen LogP contribution is -1.91. The lowest BCUT2D eigenvalue weighted by molar-refractivity contribution is 0.101. The molecule has 5 rings (SSSR count). The molecule has 0 fully saturated rings. The Morgan fingerprint density at radius 3 is 2.26 bits per heavy atom. The molecule has 23 heavy (non-hydrogen) atoms. The Kier molecular flexibility index (Phi) is 2.29. The van der Waals surface area contributed by atoms with E-state index in [1.54, 1.807) is 13.0 Å². The summed E-state index contributed by atoms with van der Waals surface area (Å²) in [7, 11) is 0. The molecule has 0 radical (unpaired) electrons. The molecule has 0 aliphatic rings. The molecule has 2 heterocycles. The predicted molar refractivity (Wildman–Crippen MR) is 91.0 cm³/mol. The first kappa shape index (κ1) is 12.5. The fraction of sp³-hybridized carbons (Fsp3) is 0.0500. The zero-order valence-electron chi connectivity index (χ0n) is 12.4. The topological polar surface area (TPSA) is 43.4 Å². The number of rotatable bonds is 1. The van der Waals surface area contributed by atoms with Crippen LogP contribution in [0.1, 0.15) is 17.3 Å². The Morgan fingerprint density at radius 2 is 1.43 bits per heavy atom. The molecule has 0 saturated heterocycles. The second-order valence-corrected chi connectivity index (χ2v) is 5.75. The van der Waals surface area contributed by atoms with Crippen LogP contribution in [0.5, 0.6) is 0 Å². The third kappa shape index (κ3) is 1.56. The summed E-state index contributed by atoms with van der Waals surface area (Å²) in [6.07, 6.45) is 0. The van der Waals surface area contributed by atoms with E-state index >= 15 is 0 Å². The summed E-state index contributed by atoms with van der Waals surface area (Å²) in [5.74, 6) is 0.00273. The number of carbonyl (C=O) groups is 1. The highest BCUT2D eigenvalue weighted by atomic mass is 16.3. The quantitative estimate of drug-likeness (QED) is 0.374. The van der Waals surface area contributed by atoms with E-state index in [0.29, 0.717) is 11.1 Å². The largest absolute Gasteiger partial charge is 0.456 e. The molecule has 0 N–H and O–H groups in total. The van der Waals surface area contributed by atoms with Crippen LogP contribution in [0.25, 0.3) is 43.9 Å². The molecule has 110 valence electrons. The summed E-state index contributed by atoms with van der Waals surface area (Å²) < 4.78 is 12.0. The Morgan fingerprint density at radius 1 is 0.739 bits per heavy atom. The Labute approximate surface area is 131 Å². The van der Waals surface area contributed by atoms with Crippen LogP contribution in [0.4, 0.5) is 0 Å². The van der Waals surface area contributed by atoms with E-state index in [1.807, 2.05) is 48.5 Å². The number of ketones is 1. The molecule has 0 aliphatic heterocycles. The van der Waals surface area contributed by atoms with E-state index in [0.717, 1.165) is 38.3 Å². The van der Waals surface area contributed by atoms with Crippen molar-refractivity contribution in [2.75, 3.05) is 0 Å². The van der Waals surface area contributed by atoms with E-state index in [-0.39, 0.29) is 5.78 Å². The molecule has 0 unspecified atom stereocenters. The van der Waals surface area contributed by atoms with Gasteiger partial charge in [0.15, 0.2) is 5.78 Å². The molecule has 3 aromatic carbocycles. The van der Waals surface area contributed by atoms with Crippen LogP contribution in [-0.2, 0) is 0 Å². The number of furan rings is 2. The minimum Gasteiger partial charge on any atom is -0.456 e. The van der Waals surface area contributed by atoms with Crippen molar-refractivity contribution in [1.82, 2.24) is 0 Å². The third-order valence-corrected chi connectivity index (χ3v) is 4.38. The maximum atomic E-state index is 11.9. The Hall–Kier alpha value is -3.07. The van der Waals surface area contributed by atoms with Gasteiger partial charge in [-0.05, 0) is 31.2 Å². The summed E-state index contributed by atoms with van der Waals surface area (Å²) in [6.45, 7) is 1.56. The van der Waals surface area contributed by atoms with Crippen LogP contribution in [-0.4, -0.2) is 5.78 Å². The summed E-state index contributed by atoms with van der Waals surface area (Å²) >= 11 is 0. The first-order chi connectivity index (χ1) is 11.2. The minimum absolute atomic E-state index is 0.00273. The molecule has 0 spiro atoms. The van der Waals surface area contributed by atoms with Crippen molar-refractivity contribution < 1.29 is 13.6 Å². The van der Waals surface area contributed by atoms with E-state index in [2.05, 4.69) is 0 Å². The predicted octanol–water partition coefficient (Wildman–Crippen LogP) is 5.69. The number of carbonyl (C=O) groups excluding carboxylic acids is 1. The van der Waals surface area contributed by atoms with Crippen molar-refractivity contribution in [3.8, 4) is 0 Å². The second-order valence-electron chi connectivity index (χ2n) is 5.75. The van der Waals surface area contributed by atoms with Crippen LogP contribution in [0.15, 0.2) is 63.4 Å². The van der Waals surface area contributed by atoms with Crippen molar-refractivity contribution in [3.05, 3.63) is 60.2 Å². The standard InChI is InChI=1S/C20H12O3/c1-11(21)12-6-4-7-14-19-17(23-20(12)14)10-9-16-18(19)13-5-2-3-8-15(13)22-16/h2-10H,1H3. The number of fused-ring (bicyclic) bond motifs is 7. The van der Waals surface area contributed by atoms with Crippen LogP contribution in [0.3, 0.4) is 0 Å². The zero-order chi connectivity index (χ0) is 15.6. The zero-order valence-corrected chi connectivity index (χ0v) is 12.4. The van der Waals surface area contributed by atoms with Gasteiger partial charge in [-0.1, -0.05) is 30.3 Å². The fourth-order valence-corrected chi connectivity index (χ4v) is 3.38. The molecule has 0 amide bonds. The molecule has 3 nitrogen and oxygen atoms in total. The van der Waals surface area contributed by atoms with E-state index in [1.165, 1.54) is 0 Å². The second kappa shape index (κ2) is 4.23. The Bertz CT molecular complexity index is 1240. The lowest BCUT2D eigenvalue weighted by atomic mass is 10.0. The van der Waals surface area contributed by atoms with Crippen LogP contribution in [0.2, 0.25) is 0 Å². The van der Waals surface area contributed by atoms with E-state index in [4.69, 9.17) is 8.83 Å². The average molecular weight is 300 g/mol.